The first kappa shape index (κ1) is 30.3. The molecular formula is C29H29ClN4O8. The molecule has 13 heteroatoms. The summed E-state index contributed by atoms with van der Waals surface area (Å²) in [6, 6.07) is 11.0. The number of fused-ring (bicyclic) bond motifs is 1. The second kappa shape index (κ2) is 12.4. The fraction of sp³-hybridized carbons (Fsp3) is 0.310. The van der Waals surface area contributed by atoms with E-state index in [0.29, 0.717) is 34.2 Å². The smallest absolute Gasteiger partial charge is 0.412 e. The van der Waals surface area contributed by atoms with Gasteiger partial charge in [-0.1, -0.05) is 11.6 Å². The van der Waals surface area contributed by atoms with E-state index in [4.69, 9.17) is 21.1 Å². The van der Waals surface area contributed by atoms with Crippen LogP contribution in [0.1, 0.15) is 49.4 Å². The van der Waals surface area contributed by atoms with E-state index >= 15 is 0 Å². The number of aromatic nitrogens is 2. The van der Waals surface area contributed by atoms with Gasteiger partial charge in [-0.3, -0.25) is 24.8 Å². The topological polar surface area (TPSA) is 155 Å². The molecule has 0 saturated heterocycles. The summed E-state index contributed by atoms with van der Waals surface area (Å²) in [5.41, 5.74) is 0.473. The maximum Gasteiger partial charge on any atom is 0.412 e. The van der Waals surface area contributed by atoms with Crippen molar-refractivity contribution in [2.75, 3.05) is 24.4 Å². The highest BCUT2D eigenvalue weighted by atomic mass is 35.5. The summed E-state index contributed by atoms with van der Waals surface area (Å²) in [6.45, 7) is 4.68. The molecule has 0 radical (unpaired) electrons. The number of nitrogens with zero attached hydrogens (tertiary/aromatic N) is 2. The highest BCUT2D eigenvalue weighted by molar-refractivity contribution is 6.31. The van der Waals surface area contributed by atoms with E-state index in [0.717, 1.165) is 0 Å². The van der Waals surface area contributed by atoms with E-state index in [1.165, 1.54) is 42.0 Å². The van der Waals surface area contributed by atoms with Crippen LogP contribution >= 0.6 is 11.6 Å². The lowest BCUT2D eigenvalue weighted by Crippen LogP contribution is -2.30. The number of ketones is 1. The number of hydrogen-bond donors (Lipinski definition) is 2. The molecule has 0 saturated carbocycles. The molecule has 2 amide bonds. The zero-order chi connectivity index (χ0) is 30.6. The maximum atomic E-state index is 13.2. The first-order chi connectivity index (χ1) is 19.8. The summed E-state index contributed by atoms with van der Waals surface area (Å²) in [5.74, 6) is -0.849. The van der Waals surface area contributed by atoms with Crippen LogP contribution in [0.25, 0.3) is 11.3 Å². The molecule has 3 aromatic rings. The summed E-state index contributed by atoms with van der Waals surface area (Å²) in [7, 11) is 1.23. The highest BCUT2D eigenvalue weighted by Gasteiger charge is 2.32. The molecule has 0 aliphatic carbocycles. The van der Waals surface area contributed by atoms with Gasteiger partial charge in [0.2, 0.25) is 0 Å². The minimum Gasteiger partial charge on any atom is -0.456 e. The van der Waals surface area contributed by atoms with Gasteiger partial charge in [0.1, 0.15) is 17.5 Å². The number of anilines is 2. The first-order valence-corrected chi connectivity index (χ1v) is 13.3. The third-order valence-electron chi connectivity index (χ3n) is 6.13. The molecule has 12 nitrogen and oxygen atoms in total. The summed E-state index contributed by atoms with van der Waals surface area (Å²) in [4.78, 5) is 66.9. The van der Waals surface area contributed by atoms with Gasteiger partial charge in [-0.15, -0.1) is 0 Å². The predicted molar refractivity (Wildman–Crippen MR) is 154 cm³/mol. The average Bonchev–Trinajstić information content (AvgIpc) is 3.36. The quantitative estimate of drug-likeness (QED) is 0.218. The molecular weight excluding hydrogens is 568 g/mol. The van der Waals surface area contributed by atoms with E-state index in [-0.39, 0.29) is 17.7 Å². The maximum absolute atomic E-state index is 13.2. The molecule has 2 aromatic carbocycles. The van der Waals surface area contributed by atoms with Crippen molar-refractivity contribution in [1.82, 2.24) is 9.55 Å². The van der Waals surface area contributed by atoms with E-state index in [1.807, 2.05) is 0 Å². The normalized spacial score (nSPS) is 14.0. The van der Waals surface area contributed by atoms with Crippen molar-refractivity contribution in [2.24, 2.45) is 0 Å². The van der Waals surface area contributed by atoms with Crippen molar-refractivity contribution in [1.29, 1.82) is 0 Å². The van der Waals surface area contributed by atoms with E-state index < -0.39 is 47.7 Å². The third kappa shape index (κ3) is 7.32. The zero-order valence-corrected chi connectivity index (χ0v) is 24.1. The number of carbonyl (C=O) groups excluding carboxylic acids is 4. The number of carbonyl (C=O) groups is 4. The lowest BCUT2D eigenvalue weighted by molar-refractivity contribution is -0.146. The number of ether oxygens (including phenoxy) is 3. The van der Waals surface area contributed by atoms with Crippen LogP contribution in [-0.4, -0.2) is 52.8 Å². The lowest BCUT2D eigenvalue weighted by atomic mass is 10.1. The van der Waals surface area contributed by atoms with Gasteiger partial charge in [-0.2, -0.15) is 0 Å². The Balaban J connectivity index is 1.47. The van der Waals surface area contributed by atoms with Crippen molar-refractivity contribution >= 4 is 46.9 Å². The Kier molecular flexibility index (Phi) is 8.96. The number of hydrogen-bond acceptors (Lipinski definition) is 9. The molecule has 1 aliphatic rings. The Hall–Kier alpha value is -4.71. The number of amides is 2. The molecule has 1 aliphatic heterocycles. The zero-order valence-electron chi connectivity index (χ0n) is 23.4. The Morgan fingerprint density at radius 3 is 2.40 bits per heavy atom. The summed E-state index contributed by atoms with van der Waals surface area (Å²) >= 11 is 6.20. The Morgan fingerprint density at radius 1 is 1.02 bits per heavy atom. The van der Waals surface area contributed by atoms with E-state index in [1.54, 1.807) is 39.0 Å². The molecule has 2 N–H and O–H groups in total. The van der Waals surface area contributed by atoms with Crippen LogP contribution in [-0.2, 0) is 25.4 Å². The van der Waals surface area contributed by atoms with Gasteiger partial charge >= 0.3 is 18.2 Å². The van der Waals surface area contributed by atoms with Crippen LogP contribution in [0.2, 0.25) is 5.02 Å². The summed E-state index contributed by atoms with van der Waals surface area (Å²) < 4.78 is 16.3. The molecule has 1 aromatic heterocycles. The molecule has 0 spiro atoms. The molecule has 220 valence electrons. The molecule has 0 fully saturated rings. The van der Waals surface area contributed by atoms with Crippen molar-refractivity contribution in [3.05, 3.63) is 75.3 Å². The Morgan fingerprint density at radius 2 is 1.74 bits per heavy atom. The van der Waals surface area contributed by atoms with Gasteiger partial charge in [0.15, 0.2) is 12.4 Å². The lowest BCUT2D eigenvalue weighted by Gasteiger charge is -2.20. The number of esters is 1. The number of halogens is 1. The summed E-state index contributed by atoms with van der Waals surface area (Å²) in [6.07, 6.45) is -0.774. The minimum absolute atomic E-state index is 0.255. The van der Waals surface area contributed by atoms with Gasteiger partial charge in [0.25, 0.3) is 5.56 Å². The number of aryl methyl sites for hydroxylation is 1. The number of rotatable bonds is 7. The predicted octanol–water partition coefficient (Wildman–Crippen LogP) is 5.00. The molecule has 42 heavy (non-hydrogen) atoms. The first-order valence-electron chi connectivity index (χ1n) is 12.9. The average molecular weight is 597 g/mol. The second-order valence-electron chi connectivity index (χ2n) is 10.4. The Labute approximate surface area is 245 Å². The van der Waals surface area contributed by atoms with Gasteiger partial charge < -0.3 is 14.2 Å². The van der Waals surface area contributed by atoms with Crippen LogP contribution in [0.4, 0.5) is 21.0 Å². The van der Waals surface area contributed by atoms with Crippen LogP contribution in [0.3, 0.4) is 0 Å². The number of Topliss-reactive ketones (excluding diaryl/α,β-unsaturated/α-hetero) is 1. The third-order valence-corrected chi connectivity index (χ3v) is 6.36. The number of methoxy groups -OCH3 is 1. The minimum atomic E-state index is -0.952. The molecule has 1 atom stereocenters. The van der Waals surface area contributed by atoms with Crippen LogP contribution in [0.15, 0.2) is 53.3 Å². The SMILES string of the molecule is COC(=O)Nc1ccc(C(=O)COC(=O)C2CCc3nc(-c4cc(Cl)ccc4NC(=O)OC(C)(C)C)cc(=O)n32)cc1. The standard InChI is InChI=1S/C29H29ClN4O8/c1-29(2,3)42-28(39)33-20-10-7-17(30)13-19(20)21-14-25(36)34-22(11-12-24(34)32-21)26(37)41-15-23(35)16-5-8-18(9-6-16)31-27(38)40-4/h5-10,13-14,22H,11-12,15H2,1-4H3,(H,31,38)(H,33,39). The van der Waals surface area contributed by atoms with Crippen LogP contribution in [0.5, 0.6) is 0 Å². The molecule has 2 heterocycles. The highest BCUT2D eigenvalue weighted by Crippen LogP contribution is 2.32. The molecule has 0 bridgehead atoms. The van der Waals surface area contributed by atoms with Crippen LogP contribution in [0, 0.1) is 0 Å². The summed E-state index contributed by atoms with van der Waals surface area (Å²) in [5, 5.41) is 5.50. The number of nitrogens with one attached hydrogen (secondary N) is 2. The van der Waals surface area contributed by atoms with Gasteiger partial charge in [-0.25, -0.2) is 19.4 Å². The fourth-order valence-corrected chi connectivity index (χ4v) is 4.45. The largest absolute Gasteiger partial charge is 0.456 e. The van der Waals surface area contributed by atoms with E-state index in [9.17, 15) is 24.0 Å². The van der Waals surface area contributed by atoms with Gasteiger partial charge in [-0.05, 0) is 69.7 Å². The van der Waals surface area contributed by atoms with E-state index in [2.05, 4.69) is 20.4 Å². The Bertz CT molecular complexity index is 1590. The fourth-order valence-electron chi connectivity index (χ4n) is 4.28. The second-order valence-corrected chi connectivity index (χ2v) is 10.8. The molecule has 4 rings (SSSR count). The number of benzene rings is 2. The van der Waals surface area contributed by atoms with Crippen LogP contribution < -0.4 is 16.2 Å². The van der Waals surface area contributed by atoms with Crippen molar-refractivity contribution in [2.45, 2.75) is 45.3 Å². The monoisotopic (exact) mass is 596 g/mol. The van der Waals surface area contributed by atoms with Crippen molar-refractivity contribution in [3.63, 3.8) is 0 Å². The molecule has 1 unspecified atom stereocenters. The van der Waals surface area contributed by atoms with Gasteiger partial charge in [0.05, 0.1) is 18.5 Å². The van der Waals surface area contributed by atoms with Gasteiger partial charge in [0, 0.05) is 34.3 Å². The van der Waals surface area contributed by atoms with Crippen molar-refractivity contribution in [3.8, 4) is 11.3 Å². The van der Waals surface area contributed by atoms with Crippen molar-refractivity contribution < 1.29 is 33.4 Å².